The molecular formula is C14H11N5O5. The van der Waals surface area contributed by atoms with Crippen LogP contribution in [0.25, 0.3) is 0 Å². The Labute approximate surface area is 134 Å². The van der Waals surface area contributed by atoms with Crippen LogP contribution in [0.3, 0.4) is 0 Å². The number of rotatable bonds is 4. The van der Waals surface area contributed by atoms with Crippen LogP contribution in [0, 0.1) is 10.1 Å². The molecule has 1 unspecified atom stereocenters. The van der Waals surface area contributed by atoms with Gasteiger partial charge in [0.25, 0.3) is 5.70 Å². The number of carbonyl (C=O) groups is 1. The van der Waals surface area contributed by atoms with Gasteiger partial charge in [-0.05, 0) is 18.2 Å². The highest BCUT2D eigenvalue weighted by atomic mass is 16.7. The SMILES string of the molecule is O=C(CC1C([N+](=O)[O-])=CNc2ncnn21)c1ccc2c(c1)OCO2. The number of benzene rings is 1. The first-order valence-electron chi connectivity index (χ1n) is 7.07. The fourth-order valence-corrected chi connectivity index (χ4v) is 2.67. The van der Waals surface area contributed by atoms with Crippen LogP contribution < -0.4 is 14.8 Å². The van der Waals surface area contributed by atoms with E-state index in [9.17, 15) is 14.9 Å². The molecule has 1 atom stereocenters. The Morgan fingerprint density at radius 3 is 3.08 bits per heavy atom. The number of hydrogen-bond acceptors (Lipinski definition) is 8. The van der Waals surface area contributed by atoms with E-state index in [-0.39, 0.29) is 24.7 Å². The van der Waals surface area contributed by atoms with Crippen molar-refractivity contribution in [3.8, 4) is 11.5 Å². The largest absolute Gasteiger partial charge is 0.454 e. The van der Waals surface area contributed by atoms with Gasteiger partial charge in [-0.3, -0.25) is 14.9 Å². The topological polar surface area (TPSA) is 121 Å². The van der Waals surface area contributed by atoms with Crippen molar-refractivity contribution in [3.05, 3.63) is 52.1 Å². The summed E-state index contributed by atoms with van der Waals surface area (Å²) in [6.07, 6.45) is 2.39. The first kappa shape index (κ1) is 14.2. The highest BCUT2D eigenvalue weighted by molar-refractivity contribution is 5.97. The summed E-state index contributed by atoms with van der Waals surface area (Å²) in [5.41, 5.74) is 0.240. The van der Waals surface area contributed by atoms with Crippen molar-refractivity contribution in [2.75, 3.05) is 12.1 Å². The lowest BCUT2D eigenvalue weighted by atomic mass is 10.0. The predicted molar refractivity (Wildman–Crippen MR) is 79.3 cm³/mol. The maximum atomic E-state index is 12.6. The molecule has 0 fully saturated rings. The molecule has 1 N–H and O–H groups in total. The van der Waals surface area contributed by atoms with Crippen LogP contribution in [0.5, 0.6) is 11.5 Å². The van der Waals surface area contributed by atoms with Gasteiger partial charge in [0.1, 0.15) is 6.33 Å². The molecular weight excluding hydrogens is 318 g/mol. The number of anilines is 1. The summed E-state index contributed by atoms with van der Waals surface area (Å²) in [4.78, 5) is 27.3. The first-order valence-corrected chi connectivity index (χ1v) is 7.07. The van der Waals surface area contributed by atoms with Gasteiger partial charge in [-0.25, -0.2) is 4.68 Å². The monoisotopic (exact) mass is 329 g/mol. The molecule has 10 nitrogen and oxygen atoms in total. The molecule has 0 spiro atoms. The minimum absolute atomic E-state index is 0.109. The molecule has 1 aromatic heterocycles. The van der Waals surface area contributed by atoms with E-state index in [4.69, 9.17) is 9.47 Å². The average molecular weight is 329 g/mol. The van der Waals surface area contributed by atoms with Gasteiger partial charge in [0.15, 0.2) is 23.3 Å². The second-order valence-corrected chi connectivity index (χ2v) is 5.21. The second kappa shape index (κ2) is 5.33. The highest BCUT2D eigenvalue weighted by Crippen LogP contribution is 2.34. The van der Waals surface area contributed by atoms with Crippen molar-refractivity contribution in [2.45, 2.75) is 12.5 Å². The molecule has 2 aliphatic rings. The molecule has 0 bridgehead atoms. The van der Waals surface area contributed by atoms with Gasteiger partial charge in [0.05, 0.1) is 11.1 Å². The zero-order chi connectivity index (χ0) is 16.7. The Bertz CT molecular complexity index is 874. The van der Waals surface area contributed by atoms with Gasteiger partial charge in [-0.2, -0.15) is 10.1 Å². The Morgan fingerprint density at radius 2 is 2.25 bits per heavy atom. The summed E-state index contributed by atoms with van der Waals surface area (Å²) >= 11 is 0. The molecule has 0 amide bonds. The molecule has 1 aromatic carbocycles. The molecule has 2 aromatic rings. The lowest BCUT2D eigenvalue weighted by Gasteiger charge is -2.19. The number of hydrogen-bond donors (Lipinski definition) is 1. The van der Waals surface area contributed by atoms with Crippen molar-refractivity contribution in [1.29, 1.82) is 0 Å². The van der Waals surface area contributed by atoms with Crippen LogP contribution >= 0.6 is 0 Å². The second-order valence-electron chi connectivity index (χ2n) is 5.21. The molecule has 24 heavy (non-hydrogen) atoms. The van der Waals surface area contributed by atoms with Crippen LogP contribution in [0.15, 0.2) is 36.4 Å². The van der Waals surface area contributed by atoms with E-state index < -0.39 is 11.0 Å². The van der Waals surface area contributed by atoms with Crippen molar-refractivity contribution < 1.29 is 19.2 Å². The maximum Gasteiger partial charge on any atom is 0.287 e. The molecule has 0 aliphatic carbocycles. The molecule has 2 aliphatic heterocycles. The number of ether oxygens (including phenoxy) is 2. The predicted octanol–water partition coefficient (Wildman–Crippen LogP) is 1.36. The number of fused-ring (bicyclic) bond motifs is 2. The Kier molecular flexibility index (Phi) is 3.15. The molecule has 0 saturated heterocycles. The molecule has 0 radical (unpaired) electrons. The molecule has 0 saturated carbocycles. The Hall–Kier alpha value is -3.43. The number of nitrogens with one attached hydrogen (secondary N) is 1. The van der Waals surface area contributed by atoms with Gasteiger partial charge < -0.3 is 14.8 Å². The standard InChI is InChI=1S/C14H11N5O5/c20-11(8-1-2-12-13(3-8)24-7-23-12)4-9-10(19(21)22)5-15-14-16-6-17-18(9)14/h1-3,5-6,9H,4,7H2,(H,15,16,17). The Balaban J connectivity index is 1.63. The van der Waals surface area contributed by atoms with Crippen LogP contribution in [0.1, 0.15) is 22.8 Å². The third-order valence-electron chi connectivity index (χ3n) is 3.84. The van der Waals surface area contributed by atoms with Crippen molar-refractivity contribution in [1.82, 2.24) is 14.8 Å². The van der Waals surface area contributed by atoms with Gasteiger partial charge in [-0.15, -0.1) is 0 Å². The number of aromatic nitrogens is 3. The molecule has 4 rings (SSSR count). The summed E-state index contributed by atoms with van der Waals surface area (Å²) in [5, 5.41) is 17.9. The van der Waals surface area contributed by atoms with Crippen molar-refractivity contribution >= 4 is 11.7 Å². The maximum absolute atomic E-state index is 12.6. The minimum atomic E-state index is -0.836. The van der Waals surface area contributed by atoms with Crippen LogP contribution in [-0.4, -0.2) is 32.3 Å². The summed E-state index contributed by atoms with van der Waals surface area (Å²) in [5.74, 6) is 1.13. The number of ketones is 1. The van der Waals surface area contributed by atoms with E-state index in [2.05, 4.69) is 15.4 Å². The van der Waals surface area contributed by atoms with Crippen LogP contribution in [-0.2, 0) is 0 Å². The van der Waals surface area contributed by atoms with E-state index in [1.807, 2.05) is 0 Å². The first-order chi connectivity index (χ1) is 11.6. The van der Waals surface area contributed by atoms with Crippen molar-refractivity contribution in [3.63, 3.8) is 0 Å². The van der Waals surface area contributed by atoms with Gasteiger partial charge in [-0.1, -0.05) is 0 Å². The zero-order valence-corrected chi connectivity index (χ0v) is 12.2. The third kappa shape index (κ3) is 2.24. The fraction of sp³-hybridized carbons (Fsp3) is 0.214. The summed E-state index contributed by atoms with van der Waals surface area (Å²) in [7, 11) is 0. The number of nitro groups is 1. The van der Waals surface area contributed by atoms with Crippen LogP contribution in [0.2, 0.25) is 0 Å². The third-order valence-corrected chi connectivity index (χ3v) is 3.84. The Morgan fingerprint density at radius 1 is 1.42 bits per heavy atom. The number of Topliss-reactive ketones (excluding diaryl/α,β-unsaturated/α-hetero) is 1. The highest BCUT2D eigenvalue weighted by Gasteiger charge is 2.35. The molecule has 10 heteroatoms. The van der Waals surface area contributed by atoms with E-state index in [0.717, 1.165) is 0 Å². The average Bonchev–Trinajstić information content (AvgIpc) is 3.22. The fourth-order valence-electron chi connectivity index (χ4n) is 2.67. The lowest BCUT2D eigenvalue weighted by Crippen LogP contribution is -2.26. The van der Waals surface area contributed by atoms with Crippen molar-refractivity contribution in [2.24, 2.45) is 0 Å². The quantitative estimate of drug-likeness (QED) is 0.507. The van der Waals surface area contributed by atoms with Crippen LogP contribution in [0.4, 0.5) is 5.95 Å². The summed E-state index contributed by atoms with van der Waals surface area (Å²) in [6.45, 7) is 0.109. The number of nitrogens with zero attached hydrogens (tertiary/aromatic N) is 4. The van der Waals surface area contributed by atoms with Gasteiger partial charge in [0.2, 0.25) is 12.7 Å². The van der Waals surface area contributed by atoms with Gasteiger partial charge in [0, 0.05) is 12.0 Å². The normalized spacial score (nSPS) is 17.7. The van der Waals surface area contributed by atoms with E-state index in [1.54, 1.807) is 18.2 Å². The van der Waals surface area contributed by atoms with Gasteiger partial charge >= 0.3 is 0 Å². The number of carbonyl (C=O) groups excluding carboxylic acids is 1. The van der Waals surface area contributed by atoms with E-state index in [1.165, 1.54) is 17.2 Å². The minimum Gasteiger partial charge on any atom is -0.454 e. The smallest absolute Gasteiger partial charge is 0.287 e. The molecule has 3 heterocycles. The number of allylic oxidation sites excluding steroid dienone is 1. The zero-order valence-electron chi connectivity index (χ0n) is 12.2. The lowest BCUT2D eigenvalue weighted by molar-refractivity contribution is -0.433. The van der Waals surface area contributed by atoms with E-state index in [0.29, 0.717) is 23.0 Å². The van der Waals surface area contributed by atoms with E-state index >= 15 is 0 Å². The summed E-state index contributed by atoms with van der Waals surface area (Å²) in [6, 6.07) is 3.98. The molecule has 122 valence electrons. The summed E-state index contributed by atoms with van der Waals surface area (Å²) < 4.78 is 11.8.